The van der Waals surface area contributed by atoms with Crippen molar-refractivity contribution in [2.75, 3.05) is 5.32 Å². The van der Waals surface area contributed by atoms with E-state index in [1.54, 1.807) is 6.26 Å². The van der Waals surface area contributed by atoms with Crippen molar-refractivity contribution < 1.29 is 9.21 Å². The highest BCUT2D eigenvalue weighted by molar-refractivity contribution is 5.98. The molecule has 0 spiro atoms. The van der Waals surface area contributed by atoms with E-state index >= 15 is 0 Å². The van der Waals surface area contributed by atoms with Gasteiger partial charge in [-0.05, 0) is 24.3 Å². The number of hydrogen-bond donors (Lipinski definition) is 1. The molecular weight excluding hydrogens is 286 g/mol. The van der Waals surface area contributed by atoms with Gasteiger partial charge in [0.1, 0.15) is 5.76 Å². The van der Waals surface area contributed by atoms with Crippen molar-refractivity contribution in [3.63, 3.8) is 0 Å². The molecule has 0 aliphatic carbocycles. The van der Waals surface area contributed by atoms with Crippen LogP contribution in [0.1, 0.15) is 29.1 Å². The highest BCUT2D eigenvalue weighted by Gasteiger charge is 2.28. The number of carbonyl (C=O) groups is 1. The van der Waals surface area contributed by atoms with Gasteiger partial charge in [0.15, 0.2) is 5.78 Å². The van der Waals surface area contributed by atoms with E-state index in [0.717, 1.165) is 11.4 Å². The van der Waals surface area contributed by atoms with Crippen molar-refractivity contribution in [3.05, 3.63) is 90.4 Å². The van der Waals surface area contributed by atoms with Gasteiger partial charge in [0.05, 0.1) is 12.3 Å². The number of rotatable bonds is 6. The number of ketones is 1. The molecule has 0 aliphatic heterocycles. The van der Waals surface area contributed by atoms with Crippen LogP contribution >= 0.6 is 0 Å². The molecule has 116 valence electrons. The molecule has 2 atom stereocenters. The fourth-order valence-corrected chi connectivity index (χ4v) is 2.64. The summed E-state index contributed by atoms with van der Waals surface area (Å²) in [6.45, 7) is 1.93. The van der Waals surface area contributed by atoms with Gasteiger partial charge in [0.25, 0.3) is 0 Å². The third-order valence-corrected chi connectivity index (χ3v) is 3.92. The number of benzene rings is 2. The number of nitrogens with one attached hydrogen (secondary N) is 1. The number of furan rings is 1. The van der Waals surface area contributed by atoms with Crippen LogP contribution in [0.25, 0.3) is 0 Å². The number of hydrogen-bond acceptors (Lipinski definition) is 3. The molecule has 3 rings (SSSR count). The molecule has 1 N–H and O–H groups in total. The molecule has 1 heterocycles. The Morgan fingerprint density at radius 3 is 2.17 bits per heavy atom. The van der Waals surface area contributed by atoms with E-state index in [1.165, 1.54) is 0 Å². The zero-order valence-corrected chi connectivity index (χ0v) is 13.0. The molecule has 0 amide bonds. The first-order chi connectivity index (χ1) is 11.3. The van der Waals surface area contributed by atoms with Gasteiger partial charge in [-0.1, -0.05) is 55.5 Å². The standard InChI is InChI=1S/C20H19NO2/c1-15(20(22)16-9-4-2-5-10-16)19(18-13-8-14-23-18)21-17-11-6-3-7-12-17/h2-15,19,21H,1H3. The summed E-state index contributed by atoms with van der Waals surface area (Å²) in [7, 11) is 0. The predicted octanol–water partition coefficient (Wildman–Crippen LogP) is 4.95. The fraction of sp³-hybridized carbons (Fsp3) is 0.150. The Hall–Kier alpha value is -2.81. The lowest BCUT2D eigenvalue weighted by molar-refractivity contribution is 0.0912. The van der Waals surface area contributed by atoms with Crippen molar-refractivity contribution in [1.82, 2.24) is 0 Å². The van der Waals surface area contributed by atoms with Crippen LogP contribution < -0.4 is 5.32 Å². The third kappa shape index (κ3) is 3.51. The number of carbonyl (C=O) groups excluding carboxylic acids is 1. The maximum Gasteiger partial charge on any atom is 0.168 e. The Bertz CT molecular complexity index is 736. The zero-order valence-electron chi connectivity index (χ0n) is 13.0. The summed E-state index contributed by atoms with van der Waals surface area (Å²) in [4.78, 5) is 12.8. The van der Waals surface area contributed by atoms with Crippen LogP contribution in [0.5, 0.6) is 0 Å². The molecule has 1 aromatic heterocycles. The summed E-state index contributed by atoms with van der Waals surface area (Å²) in [5.41, 5.74) is 1.67. The lowest BCUT2D eigenvalue weighted by Gasteiger charge is -2.23. The van der Waals surface area contributed by atoms with Crippen LogP contribution in [0, 0.1) is 5.92 Å². The van der Waals surface area contributed by atoms with Crippen LogP contribution in [0.4, 0.5) is 5.69 Å². The largest absolute Gasteiger partial charge is 0.467 e. The van der Waals surface area contributed by atoms with Crippen molar-refractivity contribution in [2.45, 2.75) is 13.0 Å². The second kappa shape index (κ2) is 6.97. The molecular formula is C20H19NO2. The molecule has 3 nitrogen and oxygen atoms in total. The Labute approximate surface area is 136 Å². The average molecular weight is 305 g/mol. The second-order valence-corrected chi connectivity index (χ2v) is 5.52. The van der Waals surface area contributed by atoms with Crippen molar-refractivity contribution in [3.8, 4) is 0 Å². The van der Waals surface area contributed by atoms with E-state index in [0.29, 0.717) is 5.56 Å². The molecule has 3 aromatic rings. The van der Waals surface area contributed by atoms with Crippen LogP contribution in [0.3, 0.4) is 0 Å². The quantitative estimate of drug-likeness (QED) is 0.655. The number of anilines is 1. The van der Waals surface area contributed by atoms with Crippen molar-refractivity contribution in [2.24, 2.45) is 5.92 Å². The Kier molecular flexibility index (Phi) is 4.57. The second-order valence-electron chi connectivity index (χ2n) is 5.52. The molecule has 0 radical (unpaired) electrons. The van der Waals surface area contributed by atoms with Crippen LogP contribution in [0.15, 0.2) is 83.5 Å². The highest BCUT2D eigenvalue weighted by atomic mass is 16.3. The first kappa shape index (κ1) is 15.1. The summed E-state index contributed by atoms with van der Waals surface area (Å²) < 4.78 is 5.56. The minimum atomic E-state index is -0.260. The smallest absolute Gasteiger partial charge is 0.168 e. The zero-order chi connectivity index (χ0) is 16.1. The SMILES string of the molecule is CC(C(=O)c1ccccc1)C(Nc1ccccc1)c1ccco1. The van der Waals surface area contributed by atoms with Gasteiger partial charge in [0.2, 0.25) is 0 Å². The molecule has 2 aromatic carbocycles. The average Bonchev–Trinajstić information content (AvgIpc) is 3.14. The molecule has 0 aliphatic rings. The summed E-state index contributed by atoms with van der Waals surface area (Å²) >= 11 is 0. The van der Waals surface area contributed by atoms with Gasteiger partial charge in [0, 0.05) is 17.2 Å². The number of Topliss-reactive ketones (excluding diaryl/α,β-unsaturated/α-hetero) is 1. The molecule has 0 saturated carbocycles. The Morgan fingerprint density at radius 2 is 1.57 bits per heavy atom. The maximum atomic E-state index is 12.8. The predicted molar refractivity (Wildman–Crippen MR) is 91.5 cm³/mol. The van der Waals surface area contributed by atoms with E-state index in [-0.39, 0.29) is 17.7 Å². The van der Waals surface area contributed by atoms with E-state index in [2.05, 4.69) is 5.32 Å². The molecule has 2 unspecified atom stereocenters. The van der Waals surface area contributed by atoms with Crippen LogP contribution in [-0.4, -0.2) is 5.78 Å². The Morgan fingerprint density at radius 1 is 0.913 bits per heavy atom. The van der Waals surface area contributed by atoms with Crippen LogP contribution in [0.2, 0.25) is 0 Å². The third-order valence-electron chi connectivity index (χ3n) is 3.92. The molecule has 0 saturated heterocycles. The summed E-state index contributed by atoms with van der Waals surface area (Å²) in [6.07, 6.45) is 1.63. The van der Waals surface area contributed by atoms with E-state index in [1.807, 2.05) is 79.7 Å². The van der Waals surface area contributed by atoms with E-state index < -0.39 is 0 Å². The van der Waals surface area contributed by atoms with Crippen LogP contribution in [-0.2, 0) is 0 Å². The summed E-state index contributed by atoms with van der Waals surface area (Å²) in [5.74, 6) is 0.588. The van der Waals surface area contributed by atoms with Gasteiger partial charge < -0.3 is 9.73 Å². The normalized spacial score (nSPS) is 13.3. The molecule has 3 heteroatoms. The lowest BCUT2D eigenvalue weighted by Crippen LogP contribution is -2.25. The Balaban J connectivity index is 1.87. The molecule has 23 heavy (non-hydrogen) atoms. The van der Waals surface area contributed by atoms with Gasteiger partial charge in [-0.15, -0.1) is 0 Å². The summed E-state index contributed by atoms with van der Waals surface area (Å²) in [6, 6.07) is 22.7. The first-order valence-electron chi connectivity index (χ1n) is 7.70. The maximum absolute atomic E-state index is 12.8. The van der Waals surface area contributed by atoms with Gasteiger partial charge in [-0.2, -0.15) is 0 Å². The topological polar surface area (TPSA) is 42.2 Å². The minimum absolute atomic E-state index is 0.0930. The summed E-state index contributed by atoms with van der Waals surface area (Å²) in [5, 5.41) is 3.42. The van der Waals surface area contributed by atoms with Crippen molar-refractivity contribution in [1.29, 1.82) is 0 Å². The number of para-hydroxylation sites is 1. The molecule has 0 bridgehead atoms. The first-order valence-corrected chi connectivity index (χ1v) is 7.70. The van der Waals surface area contributed by atoms with E-state index in [9.17, 15) is 4.79 Å². The highest BCUT2D eigenvalue weighted by Crippen LogP contribution is 2.29. The minimum Gasteiger partial charge on any atom is -0.467 e. The fourth-order valence-electron chi connectivity index (χ4n) is 2.64. The lowest BCUT2D eigenvalue weighted by atomic mass is 9.90. The van der Waals surface area contributed by atoms with Gasteiger partial charge >= 0.3 is 0 Å². The molecule has 0 fully saturated rings. The monoisotopic (exact) mass is 305 g/mol. The van der Waals surface area contributed by atoms with E-state index in [4.69, 9.17) is 4.42 Å². The van der Waals surface area contributed by atoms with Gasteiger partial charge in [-0.25, -0.2) is 0 Å². The van der Waals surface area contributed by atoms with Gasteiger partial charge in [-0.3, -0.25) is 4.79 Å². The van der Waals surface area contributed by atoms with Crippen molar-refractivity contribution >= 4 is 11.5 Å².